The van der Waals surface area contributed by atoms with Crippen LogP contribution in [0.5, 0.6) is 0 Å². The van der Waals surface area contributed by atoms with Gasteiger partial charge in [0.2, 0.25) is 0 Å². The van der Waals surface area contributed by atoms with Crippen LogP contribution in [0, 0.1) is 45.2 Å². The Morgan fingerprint density at radius 1 is 1.80 bits per heavy atom. The largest absolute Gasteiger partial charge is 0.566 e. The van der Waals surface area contributed by atoms with Crippen LogP contribution in [-0.4, -0.2) is 5.11 Å². The van der Waals surface area contributed by atoms with Crippen molar-refractivity contribution in [3.63, 3.8) is 0 Å². The third-order valence-electron chi connectivity index (χ3n) is 0.183. The summed E-state index contributed by atoms with van der Waals surface area (Å²) >= 11 is 0. The Labute approximate surface area is 63.2 Å². The molecule has 0 saturated heterocycles. The zero-order valence-electron chi connectivity index (χ0n) is 3.07. The third-order valence-corrected chi connectivity index (χ3v) is 0.183. The Kier molecular flexibility index (Phi) is 17.1. The molecule has 0 aromatic rings. The van der Waals surface area contributed by atoms with Crippen LogP contribution in [0.4, 0.5) is 0 Å². The van der Waals surface area contributed by atoms with Crippen LogP contribution in [0.15, 0.2) is 0 Å². The molecule has 1 N–H and O–H groups in total. The second-order valence-electron chi connectivity index (χ2n) is 0.591. The Morgan fingerprint density at radius 2 is 2.00 bits per heavy atom. The Balaban J connectivity index is 0. The smallest absolute Gasteiger partial charge is 0 e. The van der Waals surface area contributed by atoms with E-state index in [1.54, 1.807) is 0 Å². The summed E-state index contributed by atoms with van der Waals surface area (Å²) in [6.07, 6.45) is 0.750. The molecule has 0 fully saturated rings. The van der Waals surface area contributed by atoms with E-state index in [0.717, 1.165) is 13.0 Å². The van der Waals surface area contributed by atoms with E-state index in [1.807, 2.05) is 6.92 Å². The van der Waals surface area contributed by atoms with E-state index in [2.05, 4.69) is 0 Å². The number of aliphatic hydroxyl groups is 1. The van der Waals surface area contributed by atoms with Gasteiger partial charge in [-0.1, -0.05) is 6.92 Å². The minimum Gasteiger partial charge on any atom is -0.566 e. The van der Waals surface area contributed by atoms with Gasteiger partial charge in [-0.25, -0.2) is 6.61 Å². The zero-order chi connectivity index (χ0) is 3.41. The first-order valence-electron chi connectivity index (χ1n) is 1.37. The van der Waals surface area contributed by atoms with Crippen molar-refractivity contribution in [1.82, 2.24) is 0 Å². The molecule has 0 aromatic carbocycles. The summed E-state index contributed by atoms with van der Waals surface area (Å²) in [5, 5.41) is 7.75. The molecule has 0 aromatic heterocycles. The van der Waals surface area contributed by atoms with Crippen LogP contribution >= 0.6 is 0 Å². The van der Waals surface area contributed by atoms with Gasteiger partial charge >= 0.3 is 0 Å². The summed E-state index contributed by atoms with van der Waals surface area (Å²) in [5.41, 5.74) is 0. The summed E-state index contributed by atoms with van der Waals surface area (Å²) in [7, 11) is 0. The quantitative estimate of drug-likeness (QED) is 0.649. The summed E-state index contributed by atoms with van der Waals surface area (Å²) in [6, 6.07) is 0. The summed E-state index contributed by atoms with van der Waals surface area (Å²) in [5.74, 6) is 0. The Bertz CT molecular complexity index is 8.85. The van der Waals surface area contributed by atoms with E-state index in [0.29, 0.717) is 0 Å². The van der Waals surface area contributed by atoms with Gasteiger partial charge in [-0.3, -0.25) is 0 Å². The molecular formula is C3H7OTb-. The minimum atomic E-state index is 0. The molecule has 0 spiro atoms. The molecular weight excluding hydrogens is 211 g/mol. The molecule has 0 atom stereocenters. The maximum absolute atomic E-state index is 7.75. The molecule has 0 rings (SSSR count). The molecule has 0 aliphatic rings. The average Bonchev–Trinajstić information content (AvgIpc) is 1.37. The first-order valence-corrected chi connectivity index (χ1v) is 1.37. The Morgan fingerprint density at radius 3 is 2.00 bits per heavy atom. The van der Waals surface area contributed by atoms with Crippen LogP contribution in [0.3, 0.4) is 0 Å². The van der Waals surface area contributed by atoms with E-state index in [4.69, 9.17) is 5.11 Å². The first kappa shape index (κ1) is 9.53. The normalized spacial score (nSPS) is 6.00. The van der Waals surface area contributed by atoms with Gasteiger partial charge in [0.15, 0.2) is 0 Å². The summed E-state index contributed by atoms with van der Waals surface area (Å²) in [6.45, 7) is 3.00. The van der Waals surface area contributed by atoms with Gasteiger partial charge in [-0.05, 0) is 0 Å². The maximum atomic E-state index is 7.75. The molecule has 0 aliphatic carbocycles. The van der Waals surface area contributed by atoms with Gasteiger partial charge in [0.1, 0.15) is 0 Å². The fourth-order valence-electron chi connectivity index (χ4n) is 0. The third kappa shape index (κ3) is 11.0. The second kappa shape index (κ2) is 8.98. The monoisotopic (exact) mass is 218 g/mol. The molecule has 0 bridgehead atoms. The van der Waals surface area contributed by atoms with Crippen LogP contribution in [-0.2, 0) is 0 Å². The topological polar surface area (TPSA) is 20.2 Å². The Hall–Kier alpha value is 1.25. The van der Waals surface area contributed by atoms with Crippen LogP contribution < -0.4 is 0 Å². The molecule has 0 heterocycles. The van der Waals surface area contributed by atoms with Crippen molar-refractivity contribution in [3.05, 3.63) is 6.61 Å². The van der Waals surface area contributed by atoms with Crippen molar-refractivity contribution in [2.45, 2.75) is 13.3 Å². The molecule has 1 nitrogen and oxygen atoms in total. The van der Waals surface area contributed by atoms with Crippen LogP contribution in [0.1, 0.15) is 13.3 Å². The number of aliphatic hydroxyl groups excluding tert-OH is 1. The van der Waals surface area contributed by atoms with Gasteiger partial charge in [0.25, 0.3) is 0 Å². The summed E-state index contributed by atoms with van der Waals surface area (Å²) < 4.78 is 0. The average molecular weight is 218 g/mol. The fraction of sp³-hybridized carbons (Fsp3) is 0.667. The standard InChI is InChI=1S/C3H7O.Tb/c1-2-3-4;/h3-4H,2H2,1H3;/q-1;. The molecule has 5 heavy (non-hydrogen) atoms. The van der Waals surface area contributed by atoms with E-state index in [9.17, 15) is 0 Å². The van der Waals surface area contributed by atoms with E-state index >= 15 is 0 Å². The van der Waals surface area contributed by atoms with Crippen molar-refractivity contribution >= 4 is 0 Å². The van der Waals surface area contributed by atoms with Crippen molar-refractivity contribution in [1.29, 1.82) is 0 Å². The molecule has 0 saturated carbocycles. The maximum Gasteiger partial charge on any atom is 0 e. The van der Waals surface area contributed by atoms with E-state index in [-0.39, 0.29) is 38.6 Å². The van der Waals surface area contributed by atoms with Crippen molar-refractivity contribution < 1.29 is 43.7 Å². The zero-order valence-corrected chi connectivity index (χ0v) is 5.20. The molecule has 35 valence electrons. The van der Waals surface area contributed by atoms with Crippen molar-refractivity contribution in [2.75, 3.05) is 0 Å². The van der Waals surface area contributed by atoms with Gasteiger partial charge in [-0.2, -0.15) is 6.42 Å². The van der Waals surface area contributed by atoms with E-state index in [1.165, 1.54) is 0 Å². The molecule has 0 amide bonds. The van der Waals surface area contributed by atoms with E-state index < -0.39 is 0 Å². The van der Waals surface area contributed by atoms with Gasteiger partial charge in [-0.15, -0.1) is 0 Å². The molecule has 0 unspecified atom stereocenters. The molecule has 2 heteroatoms. The van der Waals surface area contributed by atoms with Gasteiger partial charge < -0.3 is 5.11 Å². The minimum absolute atomic E-state index is 0. The first-order chi connectivity index (χ1) is 1.91. The SMILES string of the molecule is CC[CH-]O.[Tb]. The molecule has 1 radical (unpaired) electrons. The molecule has 0 aliphatic heterocycles. The fourth-order valence-corrected chi connectivity index (χ4v) is 0. The van der Waals surface area contributed by atoms with Crippen LogP contribution in [0.2, 0.25) is 0 Å². The van der Waals surface area contributed by atoms with Gasteiger partial charge in [0.05, 0.1) is 0 Å². The predicted octanol–water partition coefficient (Wildman–Crippen LogP) is 0.931. The predicted molar refractivity (Wildman–Crippen MR) is 16.5 cm³/mol. The number of rotatable bonds is 1. The number of hydrogen-bond donors (Lipinski definition) is 1. The van der Waals surface area contributed by atoms with Crippen LogP contribution in [0.25, 0.3) is 0 Å². The van der Waals surface area contributed by atoms with Crippen molar-refractivity contribution in [3.8, 4) is 0 Å². The van der Waals surface area contributed by atoms with Gasteiger partial charge in [0, 0.05) is 38.6 Å². The second-order valence-corrected chi connectivity index (χ2v) is 0.591. The van der Waals surface area contributed by atoms with Crippen molar-refractivity contribution in [2.24, 2.45) is 0 Å². The summed E-state index contributed by atoms with van der Waals surface area (Å²) in [4.78, 5) is 0. The number of hydrogen-bond acceptors (Lipinski definition) is 1.